The lowest BCUT2D eigenvalue weighted by Gasteiger charge is -2.12. The van der Waals surface area contributed by atoms with E-state index in [9.17, 15) is 4.79 Å². The van der Waals surface area contributed by atoms with Crippen LogP contribution < -0.4 is 19.5 Å². The molecule has 3 aromatic rings. The predicted octanol–water partition coefficient (Wildman–Crippen LogP) is 4.21. The lowest BCUT2D eigenvalue weighted by atomic mass is 10.1. The van der Waals surface area contributed by atoms with Gasteiger partial charge >= 0.3 is 0 Å². The summed E-state index contributed by atoms with van der Waals surface area (Å²) in [5.41, 5.74) is 0.901. The van der Waals surface area contributed by atoms with Crippen molar-refractivity contribution in [2.45, 2.75) is 6.54 Å². The highest BCUT2D eigenvalue weighted by Gasteiger charge is 2.09. The van der Waals surface area contributed by atoms with Crippen molar-refractivity contribution >= 4 is 28.3 Å². The number of methoxy groups -OCH3 is 2. The minimum Gasteiger partial charge on any atom is -0.493 e. The molecule has 0 spiro atoms. The maximum absolute atomic E-state index is 12.2. The summed E-state index contributed by atoms with van der Waals surface area (Å²) in [4.78, 5) is 12.2. The number of nitrogens with one attached hydrogen (secondary N) is 1. The largest absolute Gasteiger partial charge is 0.493 e. The smallest absolute Gasteiger partial charge is 0.258 e. The van der Waals surface area contributed by atoms with E-state index in [1.807, 2.05) is 36.4 Å². The van der Waals surface area contributed by atoms with E-state index in [0.717, 1.165) is 16.3 Å². The molecule has 140 valence electrons. The van der Waals surface area contributed by atoms with Crippen molar-refractivity contribution < 1.29 is 19.0 Å². The van der Waals surface area contributed by atoms with Gasteiger partial charge in [-0.2, -0.15) is 0 Å². The lowest BCUT2D eigenvalue weighted by Crippen LogP contribution is -2.28. The molecule has 6 heteroatoms. The molecule has 3 rings (SSSR count). The van der Waals surface area contributed by atoms with Gasteiger partial charge in [0.1, 0.15) is 5.75 Å². The van der Waals surface area contributed by atoms with Gasteiger partial charge in [0.25, 0.3) is 5.91 Å². The predicted molar refractivity (Wildman–Crippen MR) is 106 cm³/mol. The second kappa shape index (κ2) is 8.64. The Morgan fingerprint density at radius 2 is 1.63 bits per heavy atom. The van der Waals surface area contributed by atoms with Crippen molar-refractivity contribution in [2.75, 3.05) is 20.8 Å². The Hall–Kier alpha value is -2.92. The molecule has 0 radical (unpaired) electrons. The van der Waals surface area contributed by atoms with Crippen LogP contribution in [0.2, 0.25) is 5.02 Å². The molecule has 1 amide bonds. The first-order valence-electron chi connectivity index (χ1n) is 8.40. The summed E-state index contributed by atoms with van der Waals surface area (Å²) in [6, 6.07) is 16.7. The highest BCUT2D eigenvalue weighted by atomic mass is 35.5. The monoisotopic (exact) mass is 385 g/mol. The van der Waals surface area contributed by atoms with Crippen LogP contribution in [0.15, 0.2) is 54.6 Å². The van der Waals surface area contributed by atoms with Crippen molar-refractivity contribution in [1.82, 2.24) is 5.32 Å². The van der Waals surface area contributed by atoms with Crippen molar-refractivity contribution in [3.63, 3.8) is 0 Å². The summed E-state index contributed by atoms with van der Waals surface area (Å²) in [5, 5.41) is 5.24. The number of halogens is 1. The third-order valence-electron chi connectivity index (χ3n) is 4.13. The number of benzene rings is 3. The van der Waals surface area contributed by atoms with Gasteiger partial charge in [-0.3, -0.25) is 4.79 Å². The van der Waals surface area contributed by atoms with E-state index in [1.165, 1.54) is 0 Å². The topological polar surface area (TPSA) is 56.8 Å². The first-order valence-corrected chi connectivity index (χ1v) is 8.78. The molecule has 1 N–H and O–H groups in total. The molecule has 0 unspecified atom stereocenters. The maximum Gasteiger partial charge on any atom is 0.258 e. The average molecular weight is 386 g/mol. The van der Waals surface area contributed by atoms with Crippen LogP contribution in [0.1, 0.15) is 5.56 Å². The molecule has 0 fully saturated rings. The van der Waals surface area contributed by atoms with Crippen molar-refractivity contribution in [3.8, 4) is 17.2 Å². The lowest BCUT2D eigenvalue weighted by molar-refractivity contribution is -0.123. The van der Waals surface area contributed by atoms with Crippen molar-refractivity contribution in [2.24, 2.45) is 0 Å². The Bertz CT molecular complexity index is 958. The number of hydrogen-bond acceptors (Lipinski definition) is 4. The summed E-state index contributed by atoms with van der Waals surface area (Å²) in [6.45, 7) is 0.281. The van der Waals surface area contributed by atoms with Gasteiger partial charge in [-0.25, -0.2) is 0 Å². The molecular formula is C21H20ClNO4. The fraction of sp³-hybridized carbons (Fsp3) is 0.190. The normalized spacial score (nSPS) is 10.5. The Kier molecular flexibility index (Phi) is 6.04. The first kappa shape index (κ1) is 18.9. The van der Waals surface area contributed by atoms with E-state index >= 15 is 0 Å². The quantitative estimate of drug-likeness (QED) is 0.662. The molecule has 27 heavy (non-hydrogen) atoms. The van der Waals surface area contributed by atoms with Gasteiger partial charge in [0.05, 0.1) is 14.2 Å². The van der Waals surface area contributed by atoms with Gasteiger partial charge in [0.2, 0.25) is 0 Å². The van der Waals surface area contributed by atoms with E-state index < -0.39 is 0 Å². The van der Waals surface area contributed by atoms with Crippen LogP contribution in [-0.4, -0.2) is 26.7 Å². The SMILES string of the molecule is COc1ccc(CNC(=O)COc2ccc(Cl)c3ccccc23)cc1OC. The number of carbonyl (C=O) groups excluding carboxylic acids is 1. The van der Waals surface area contributed by atoms with Crippen molar-refractivity contribution in [1.29, 1.82) is 0 Å². The number of carbonyl (C=O) groups is 1. The fourth-order valence-electron chi connectivity index (χ4n) is 2.75. The molecule has 3 aromatic carbocycles. The third kappa shape index (κ3) is 4.44. The molecule has 0 saturated carbocycles. The molecule has 0 aliphatic heterocycles. The van der Waals surface area contributed by atoms with Crippen LogP contribution in [0, 0.1) is 0 Å². The Labute approximate surface area is 162 Å². The molecular weight excluding hydrogens is 366 g/mol. The maximum atomic E-state index is 12.2. The summed E-state index contributed by atoms with van der Waals surface area (Å²) >= 11 is 6.20. The molecule has 0 aromatic heterocycles. The summed E-state index contributed by atoms with van der Waals surface area (Å²) in [5.74, 6) is 1.67. The third-order valence-corrected chi connectivity index (χ3v) is 4.46. The standard InChI is InChI=1S/C21H20ClNO4/c1-25-19-9-7-14(11-20(19)26-2)12-23-21(24)13-27-18-10-8-17(22)15-5-3-4-6-16(15)18/h3-11H,12-13H2,1-2H3,(H,23,24). The zero-order valence-electron chi connectivity index (χ0n) is 15.1. The van der Waals surface area contributed by atoms with Crippen molar-refractivity contribution in [3.05, 3.63) is 65.2 Å². The van der Waals surface area contributed by atoms with E-state index in [1.54, 1.807) is 32.4 Å². The van der Waals surface area contributed by atoms with Crippen LogP contribution in [0.5, 0.6) is 17.2 Å². The first-order chi connectivity index (χ1) is 13.1. The summed E-state index contributed by atoms with van der Waals surface area (Å²) < 4.78 is 16.2. The van der Waals surface area contributed by atoms with Gasteiger partial charge in [-0.1, -0.05) is 41.9 Å². The zero-order valence-corrected chi connectivity index (χ0v) is 15.9. The number of fused-ring (bicyclic) bond motifs is 1. The van der Waals surface area contributed by atoms with Crippen LogP contribution in [0.4, 0.5) is 0 Å². The Balaban J connectivity index is 1.60. The number of hydrogen-bond donors (Lipinski definition) is 1. The van der Waals surface area contributed by atoms with Gasteiger partial charge in [-0.15, -0.1) is 0 Å². The van der Waals surface area contributed by atoms with Crippen LogP contribution in [0.25, 0.3) is 10.8 Å². The number of rotatable bonds is 7. The molecule has 0 heterocycles. The van der Waals surface area contributed by atoms with Gasteiger partial charge in [0.15, 0.2) is 18.1 Å². The second-order valence-electron chi connectivity index (χ2n) is 5.85. The molecule has 0 aliphatic rings. The van der Waals surface area contributed by atoms with Crippen LogP contribution >= 0.6 is 11.6 Å². The Morgan fingerprint density at radius 1 is 0.926 bits per heavy atom. The van der Waals surface area contributed by atoms with Crippen LogP contribution in [0.3, 0.4) is 0 Å². The van der Waals surface area contributed by atoms with E-state index in [-0.39, 0.29) is 12.5 Å². The van der Waals surface area contributed by atoms with E-state index in [2.05, 4.69) is 5.32 Å². The minimum atomic E-state index is -0.219. The molecule has 0 aliphatic carbocycles. The van der Waals surface area contributed by atoms with Gasteiger partial charge < -0.3 is 19.5 Å². The Morgan fingerprint density at radius 3 is 2.37 bits per heavy atom. The minimum absolute atomic E-state index is 0.0844. The van der Waals surface area contributed by atoms with Gasteiger partial charge in [0, 0.05) is 22.3 Å². The molecule has 0 saturated heterocycles. The molecule has 0 bridgehead atoms. The zero-order chi connectivity index (χ0) is 19.2. The molecule has 0 atom stereocenters. The van der Waals surface area contributed by atoms with Gasteiger partial charge in [-0.05, 0) is 29.8 Å². The fourth-order valence-corrected chi connectivity index (χ4v) is 2.97. The number of ether oxygens (including phenoxy) is 3. The average Bonchev–Trinajstić information content (AvgIpc) is 2.71. The highest BCUT2D eigenvalue weighted by molar-refractivity contribution is 6.35. The van der Waals surface area contributed by atoms with Crippen LogP contribution in [-0.2, 0) is 11.3 Å². The highest BCUT2D eigenvalue weighted by Crippen LogP contribution is 2.31. The summed E-state index contributed by atoms with van der Waals surface area (Å²) in [6.07, 6.45) is 0. The second-order valence-corrected chi connectivity index (χ2v) is 6.25. The van der Waals surface area contributed by atoms with E-state index in [4.69, 9.17) is 25.8 Å². The molecule has 5 nitrogen and oxygen atoms in total. The number of amides is 1. The van der Waals surface area contributed by atoms with E-state index in [0.29, 0.717) is 28.8 Å². The summed E-state index contributed by atoms with van der Waals surface area (Å²) in [7, 11) is 3.15.